The maximum absolute atomic E-state index is 12.1. The van der Waals surface area contributed by atoms with Crippen molar-refractivity contribution in [1.82, 2.24) is 10.2 Å². The molecule has 2 aromatic carbocycles. The molecule has 0 aromatic heterocycles. The zero-order valence-corrected chi connectivity index (χ0v) is 15.3. The van der Waals surface area contributed by atoms with Gasteiger partial charge in [0, 0.05) is 30.7 Å². The van der Waals surface area contributed by atoms with E-state index in [4.69, 9.17) is 27.9 Å². The van der Waals surface area contributed by atoms with Crippen molar-refractivity contribution in [3.05, 3.63) is 64.1 Å². The molecule has 0 aliphatic carbocycles. The molecule has 6 heteroatoms. The van der Waals surface area contributed by atoms with Gasteiger partial charge in [-0.2, -0.15) is 0 Å². The third kappa shape index (κ3) is 5.36. The third-order valence-corrected chi connectivity index (χ3v) is 4.67. The van der Waals surface area contributed by atoms with Crippen molar-refractivity contribution in [2.24, 2.45) is 0 Å². The van der Waals surface area contributed by atoms with Crippen LogP contribution in [0.25, 0.3) is 0 Å². The summed E-state index contributed by atoms with van der Waals surface area (Å²) in [6.07, 6.45) is 0.945. The van der Waals surface area contributed by atoms with Crippen LogP contribution in [0.2, 0.25) is 10.0 Å². The second kappa shape index (κ2) is 8.56. The molecule has 1 atom stereocenters. The first kappa shape index (κ1) is 18.1. The Bertz CT molecular complexity index is 725. The second-order valence-electron chi connectivity index (χ2n) is 6.14. The molecule has 0 radical (unpaired) electrons. The standard InChI is InChI=1S/C19H20Cl2N2O2/c20-15-6-7-18(17(21)10-15)25-13-19(24)22-16-8-9-23(12-16)11-14-4-2-1-3-5-14/h1-7,10,16H,8-9,11-13H2,(H,22,24)/t16-/m0/s1. The summed E-state index contributed by atoms with van der Waals surface area (Å²) in [4.78, 5) is 14.4. The summed E-state index contributed by atoms with van der Waals surface area (Å²) in [7, 11) is 0. The summed E-state index contributed by atoms with van der Waals surface area (Å²) in [5, 5.41) is 3.95. The van der Waals surface area contributed by atoms with Gasteiger partial charge in [-0.25, -0.2) is 0 Å². The Balaban J connectivity index is 1.43. The summed E-state index contributed by atoms with van der Waals surface area (Å²) < 4.78 is 5.47. The fourth-order valence-corrected chi connectivity index (χ4v) is 3.40. The van der Waals surface area contributed by atoms with Crippen LogP contribution in [0.3, 0.4) is 0 Å². The summed E-state index contributed by atoms with van der Waals surface area (Å²) in [5.74, 6) is 0.316. The van der Waals surface area contributed by atoms with Gasteiger partial charge in [0.05, 0.1) is 5.02 Å². The molecule has 1 heterocycles. The van der Waals surface area contributed by atoms with Crippen LogP contribution in [-0.4, -0.2) is 36.5 Å². The lowest BCUT2D eigenvalue weighted by Gasteiger charge is -2.17. The number of benzene rings is 2. The van der Waals surface area contributed by atoms with Crippen molar-refractivity contribution in [2.75, 3.05) is 19.7 Å². The van der Waals surface area contributed by atoms with Gasteiger partial charge in [-0.1, -0.05) is 53.5 Å². The van der Waals surface area contributed by atoms with Crippen LogP contribution in [0.15, 0.2) is 48.5 Å². The summed E-state index contributed by atoms with van der Waals surface area (Å²) in [5.41, 5.74) is 1.29. The van der Waals surface area contributed by atoms with Crippen LogP contribution in [-0.2, 0) is 11.3 Å². The van der Waals surface area contributed by atoms with E-state index >= 15 is 0 Å². The van der Waals surface area contributed by atoms with E-state index in [1.807, 2.05) is 18.2 Å². The van der Waals surface area contributed by atoms with E-state index < -0.39 is 0 Å². The molecule has 3 rings (SSSR count). The first-order chi connectivity index (χ1) is 12.1. The lowest BCUT2D eigenvalue weighted by atomic mass is 10.2. The van der Waals surface area contributed by atoms with Gasteiger partial charge in [0.1, 0.15) is 5.75 Å². The van der Waals surface area contributed by atoms with Gasteiger partial charge in [-0.05, 0) is 30.2 Å². The van der Waals surface area contributed by atoms with E-state index in [-0.39, 0.29) is 18.6 Å². The minimum Gasteiger partial charge on any atom is -0.482 e. The molecule has 0 saturated carbocycles. The fraction of sp³-hybridized carbons (Fsp3) is 0.316. The molecular weight excluding hydrogens is 359 g/mol. The smallest absolute Gasteiger partial charge is 0.258 e. The van der Waals surface area contributed by atoms with Gasteiger partial charge in [-0.15, -0.1) is 0 Å². The molecule has 0 spiro atoms. The Morgan fingerprint density at radius 1 is 1.20 bits per heavy atom. The highest BCUT2D eigenvalue weighted by molar-refractivity contribution is 6.35. The number of nitrogens with one attached hydrogen (secondary N) is 1. The molecule has 0 bridgehead atoms. The molecule has 1 saturated heterocycles. The van der Waals surface area contributed by atoms with Crippen LogP contribution >= 0.6 is 23.2 Å². The number of nitrogens with zero attached hydrogens (tertiary/aromatic N) is 1. The van der Waals surface area contributed by atoms with Crippen molar-refractivity contribution < 1.29 is 9.53 Å². The van der Waals surface area contributed by atoms with Crippen LogP contribution in [0, 0.1) is 0 Å². The maximum atomic E-state index is 12.1. The van der Waals surface area contributed by atoms with Crippen LogP contribution in [0.4, 0.5) is 0 Å². The van der Waals surface area contributed by atoms with Crippen molar-refractivity contribution in [2.45, 2.75) is 19.0 Å². The van der Waals surface area contributed by atoms with E-state index in [9.17, 15) is 4.79 Å². The minimum atomic E-state index is -0.141. The topological polar surface area (TPSA) is 41.6 Å². The second-order valence-corrected chi connectivity index (χ2v) is 6.98. The number of likely N-dealkylation sites (tertiary alicyclic amines) is 1. The number of carbonyl (C=O) groups excluding carboxylic acids is 1. The molecule has 1 amide bonds. The normalized spacial score (nSPS) is 17.4. The van der Waals surface area contributed by atoms with E-state index in [1.165, 1.54) is 5.56 Å². The fourth-order valence-electron chi connectivity index (χ4n) is 2.94. The maximum Gasteiger partial charge on any atom is 0.258 e. The predicted molar refractivity (Wildman–Crippen MR) is 100 cm³/mol. The molecule has 1 aliphatic rings. The lowest BCUT2D eigenvalue weighted by Crippen LogP contribution is -2.39. The molecule has 1 fully saturated rings. The zero-order valence-electron chi connectivity index (χ0n) is 13.8. The van der Waals surface area contributed by atoms with Gasteiger partial charge >= 0.3 is 0 Å². The molecule has 4 nitrogen and oxygen atoms in total. The molecule has 0 unspecified atom stereocenters. The Morgan fingerprint density at radius 3 is 2.76 bits per heavy atom. The average molecular weight is 379 g/mol. The van der Waals surface area contributed by atoms with Gasteiger partial charge in [-0.3, -0.25) is 9.69 Å². The Kier molecular flexibility index (Phi) is 6.19. The highest BCUT2D eigenvalue weighted by Gasteiger charge is 2.23. The van der Waals surface area contributed by atoms with Gasteiger partial charge in [0.25, 0.3) is 5.91 Å². The molecule has 132 valence electrons. The number of amides is 1. The zero-order chi connectivity index (χ0) is 17.6. The average Bonchev–Trinajstić information content (AvgIpc) is 3.02. The number of halogens is 2. The summed E-state index contributed by atoms with van der Waals surface area (Å²) in [6, 6.07) is 15.4. The first-order valence-electron chi connectivity index (χ1n) is 8.23. The van der Waals surface area contributed by atoms with Gasteiger partial charge < -0.3 is 10.1 Å². The number of hydrogen-bond acceptors (Lipinski definition) is 3. The van der Waals surface area contributed by atoms with E-state index in [2.05, 4.69) is 22.3 Å². The third-order valence-electron chi connectivity index (χ3n) is 4.14. The van der Waals surface area contributed by atoms with E-state index in [0.717, 1.165) is 26.1 Å². The molecule has 2 aromatic rings. The number of rotatable bonds is 6. The van der Waals surface area contributed by atoms with Gasteiger partial charge in [0.15, 0.2) is 6.61 Å². The monoisotopic (exact) mass is 378 g/mol. The minimum absolute atomic E-state index is 0.0590. The number of carbonyl (C=O) groups is 1. The van der Waals surface area contributed by atoms with Crippen LogP contribution in [0.1, 0.15) is 12.0 Å². The van der Waals surface area contributed by atoms with E-state index in [1.54, 1.807) is 18.2 Å². The molecule has 1 aliphatic heterocycles. The van der Waals surface area contributed by atoms with Crippen LogP contribution < -0.4 is 10.1 Å². The highest BCUT2D eigenvalue weighted by atomic mass is 35.5. The SMILES string of the molecule is O=C(COc1ccc(Cl)cc1Cl)N[C@H]1CCN(Cc2ccccc2)C1. The lowest BCUT2D eigenvalue weighted by molar-refractivity contribution is -0.123. The van der Waals surface area contributed by atoms with Crippen molar-refractivity contribution >= 4 is 29.1 Å². The Morgan fingerprint density at radius 2 is 2.00 bits per heavy atom. The van der Waals surface area contributed by atoms with Crippen molar-refractivity contribution in [1.29, 1.82) is 0 Å². The van der Waals surface area contributed by atoms with Crippen molar-refractivity contribution in [3.8, 4) is 5.75 Å². The summed E-state index contributed by atoms with van der Waals surface area (Å²) in [6.45, 7) is 2.67. The van der Waals surface area contributed by atoms with Gasteiger partial charge in [0.2, 0.25) is 0 Å². The molecule has 1 N–H and O–H groups in total. The Labute approximate surface area is 157 Å². The number of ether oxygens (including phenoxy) is 1. The predicted octanol–water partition coefficient (Wildman–Crippen LogP) is 3.76. The molecule has 25 heavy (non-hydrogen) atoms. The number of hydrogen-bond donors (Lipinski definition) is 1. The van der Waals surface area contributed by atoms with Crippen LogP contribution in [0.5, 0.6) is 5.75 Å². The first-order valence-corrected chi connectivity index (χ1v) is 8.99. The quantitative estimate of drug-likeness (QED) is 0.831. The van der Waals surface area contributed by atoms with E-state index in [0.29, 0.717) is 15.8 Å². The van der Waals surface area contributed by atoms with Crippen molar-refractivity contribution in [3.63, 3.8) is 0 Å². The largest absolute Gasteiger partial charge is 0.482 e. The molecular formula is C19H20Cl2N2O2. The Hall–Kier alpha value is -1.75. The highest BCUT2D eigenvalue weighted by Crippen LogP contribution is 2.27. The summed E-state index contributed by atoms with van der Waals surface area (Å²) >= 11 is 11.9.